The molecule has 0 N–H and O–H groups in total. The molecule has 0 amide bonds. The summed E-state index contributed by atoms with van der Waals surface area (Å²) in [5, 5.41) is 8.45. The van der Waals surface area contributed by atoms with Crippen molar-refractivity contribution < 1.29 is 21.6 Å². The van der Waals surface area contributed by atoms with E-state index in [1.165, 1.54) is 6.07 Å². The van der Waals surface area contributed by atoms with Crippen molar-refractivity contribution in [1.82, 2.24) is 0 Å². The van der Waals surface area contributed by atoms with Crippen LogP contribution in [-0.4, -0.2) is 14.7 Å². The van der Waals surface area contributed by atoms with Crippen LogP contribution in [0.15, 0.2) is 23.1 Å². The van der Waals surface area contributed by atoms with Crippen molar-refractivity contribution in [3.63, 3.8) is 0 Å². The summed E-state index contributed by atoms with van der Waals surface area (Å²) in [4.78, 5) is -0.820. The zero-order valence-corrected chi connectivity index (χ0v) is 8.85. The molecule has 1 aromatic rings. The number of hydrogen-bond acceptors (Lipinski definition) is 3. The van der Waals surface area contributed by atoms with Gasteiger partial charge in [-0.1, -0.05) is 0 Å². The number of hydrogen-bond donors (Lipinski definition) is 0. The maximum Gasteiger partial charge on any atom is 0.417 e. The Morgan fingerprint density at radius 2 is 1.88 bits per heavy atom. The summed E-state index contributed by atoms with van der Waals surface area (Å²) in [5.41, 5.74) is -1.55. The zero-order valence-electron chi connectivity index (χ0n) is 8.04. The molecule has 0 saturated carbocycles. The lowest BCUT2D eigenvalue weighted by Gasteiger charge is -2.11. The van der Waals surface area contributed by atoms with Crippen LogP contribution in [0.5, 0.6) is 0 Å². The zero-order chi connectivity index (χ0) is 12.6. The van der Waals surface area contributed by atoms with Crippen LogP contribution in [0.4, 0.5) is 13.2 Å². The van der Waals surface area contributed by atoms with Crippen LogP contribution in [0.3, 0.4) is 0 Å². The van der Waals surface area contributed by atoms with E-state index in [4.69, 9.17) is 5.26 Å². The first-order valence-electron chi connectivity index (χ1n) is 3.97. The van der Waals surface area contributed by atoms with Crippen LogP contribution in [0.2, 0.25) is 0 Å². The minimum atomic E-state index is -4.80. The average Bonchev–Trinajstić information content (AvgIpc) is 2.14. The van der Waals surface area contributed by atoms with E-state index >= 15 is 0 Å². The standard InChI is InChI=1S/C9H6F3NO2S/c1-16(14,15)8-3-2-6(5-13)4-7(8)9(10,11)12/h2-4H,1H3. The average molecular weight is 249 g/mol. The summed E-state index contributed by atoms with van der Waals surface area (Å²) >= 11 is 0. The van der Waals surface area contributed by atoms with Crippen molar-refractivity contribution in [3.8, 4) is 6.07 Å². The molecule has 0 fully saturated rings. The van der Waals surface area contributed by atoms with Gasteiger partial charge < -0.3 is 0 Å². The predicted molar refractivity (Wildman–Crippen MR) is 49.3 cm³/mol. The monoisotopic (exact) mass is 249 g/mol. The highest BCUT2D eigenvalue weighted by molar-refractivity contribution is 7.90. The second kappa shape index (κ2) is 3.79. The molecule has 0 spiro atoms. The van der Waals surface area contributed by atoms with Crippen LogP contribution < -0.4 is 0 Å². The molecule has 1 rings (SSSR count). The van der Waals surface area contributed by atoms with Crippen molar-refractivity contribution in [2.24, 2.45) is 0 Å². The Kier molecular flexibility index (Phi) is 2.97. The van der Waals surface area contributed by atoms with Crippen molar-refractivity contribution in [3.05, 3.63) is 29.3 Å². The van der Waals surface area contributed by atoms with Crippen LogP contribution in [0.25, 0.3) is 0 Å². The van der Waals surface area contributed by atoms with Gasteiger partial charge in [0.25, 0.3) is 0 Å². The van der Waals surface area contributed by atoms with Gasteiger partial charge in [-0.2, -0.15) is 18.4 Å². The van der Waals surface area contributed by atoms with Crippen LogP contribution in [0.1, 0.15) is 11.1 Å². The molecule has 0 aliphatic rings. The van der Waals surface area contributed by atoms with E-state index in [1.807, 2.05) is 0 Å². The van der Waals surface area contributed by atoms with Crippen molar-refractivity contribution in [1.29, 1.82) is 5.26 Å². The number of alkyl halides is 3. The second-order valence-electron chi connectivity index (χ2n) is 3.09. The van der Waals surface area contributed by atoms with Gasteiger partial charge in [0.1, 0.15) is 0 Å². The fraction of sp³-hybridized carbons (Fsp3) is 0.222. The third kappa shape index (κ3) is 2.52. The maximum absolute atomic E-state index is 12.5. The molecule has 3 nitrogen and oxygen atoms in total. The summed E-state index contributed by atoms with van der Waals surface area (Å²) in [5.74, 6) is 0. The van der Waals surface area contributed by atoms with Gasteiger partial charge >= 0.3 is 6.18 Å². The molecule has 0 aliphatic heterocycles. The first-order chi connectivity index (χ1) is 7.16. The molecule has 0 atom stereocenters. The Balaban J connectivity index is 3.60. The molecule has 86 valence electrons. The molecular formula is C9H6F3NO2S. The Morgan fingerprint density at radius 3 is 2.25 bits per heavy atom. The van der Waals surface area contributed by atoms with E-state index in [0.717, 1.165) is 12.1 Å². The van der Waals surface area contributed by atoms with Crippen LogP contribution >= 0.6 is 0 Å². The topological polar surface area (TPSA) is 57.9 Å². The third-order valence-electron chi connectivity index (χ3n) is 1.81. The van der Waals surface area contributed by atoms with Gasteiger partial charge in [0, 0.05) is 6.26 Å². The smallest absolute Gasteiger partial charge is 0.224 e. The molecule has 16 heavy (non-hydrogen) atoms. The number of benzene rings is 1. The molecule has 7 heteroatoms. The molecule has 0 aliphatic carbocycles. The van der Waals surface area contributed by atoms with E-state index in [2.05, 4.69) is 0 Å². The van der Waals surface area contributed by atoms with E-state index in [1.54, 1.807) is 0 Å². The fourth-order valence-corrected chi connectivity index (χ4v) is 2.03. The second-order valence-corrected chi connectivity index (χ2v) is 5.08. The summed E-state index contributed by atoms with van der Waals surface area (Å²) in [6.45, 7) is 0. The number of halogens is 3. The lowest BCUT2D eigenvalue weighted by Crippen LogP contribution is -2.12. The molecule has 0 aromatic heterocycles. The molecule has 0 unspecified atom stereocenters. The summed E-state index contributed by atoms with van der Waals surface area (Å²) in [6, 6.07) is 3.87. The lowest BCUT2D eigenvalue weighted by molar-refractivity contribution is -0.139. The first-order valence-corrected chi connectivity index (χ1v) is 5.87. The van der Waals surface area contributed by atoms with Crippen molar-refractivity contribution in [2.45, 2.75) is 11.1 Å². The Labute approximate surface area is 90.0 Å². The molecular weight excluding hydrogens is 243 g/mol. The summed E-state index contributed by atoms with van der Waals surface area (Å²) in [6.07, 6.45) is -4.12. The van der Waals surface area contributed by atoms with E-state index in [-0.39, 0.29) is 5.56 Å². The maximum atomic E-state index is 12.5. The number of rotatable bonds is 1. The SMILES string of the molecule is CS(=O)(=O)c1ccc(C#N)cc1C(F)(F)F. The third-order valence-corrected chi connectivity index (χ3v) is 2.97. The van der Waals surface area contributed by atoms with E-state index in [9.17, 15) is 21.6 Å². The molecule has 0 saturated heterocycles. The van der Waals surface area contributed by atoms with Crippen LogP contribution in [0, 0.1) is 11.3 Å². The molecule has 0 radical (unpaired) electrons. The highest BCUT2D eigenvalue weighted by Gasteiger charge is 2.36. The number of nitrogens with zero attached hydrogens (tertiary/aromatic N) is 1. The quantitative estimate of drug-likeness (QED) is 0.764. The minimum absolute atomic E-state index is 0.236. The Morgan fingerprint density at radius 1 is 1.31 bits per heavy atom. The summed E-state index contributed by atoms with van der Waals surface area (Å²) < 4.78 is 59.8. The molecule has 1 aromatic carbocycles. The minimum Gasteiger partial charge on any atom is -0.224 e. The van der Waals surface area contributed by atoms with Gasteiger partial charge in [0.05, 0.1) is 22.1 Å². The van der Waals surface area contributed by atoms with Gasteiger partial charge in [-0.25, -0.2) is 8.42 Å². The summed E-state index contributed by atoms with van der Waals surface area (Å²) in [7, 11) is -3.97. The molecule has 0 heterocycles. The van der Waals surface area contributed by atoms with Gasteiger partial charge in [-0.05, 0) is 18.2 Å². The Bertz CT molecular complexity index is 555. The highest BCUT2D eigenvalue weighted by Crippen LogP contribution is 2.34. The number of sulfone groups is 1. The molecule has 0 bridgehead atoms. The lowest BCUT2D eigenvalue weighted by atomic mass is 10.1. The fourth-order valence-electron chi connectivity index (χ4n) is 1.14. The Hall–Kier alpha value is -1.55. The predicted octanol–water partition coefficient (Wildman–Crippen LogP) is 1.98. The number of nitriles is 1. The van der Waals surface area contributed by atoms with Gasteiger partial charge in [0.2, 0.25) is 0 Å². The van der Waals surface area contributed by atoms with Crippen molar-refractivity contribution >= 4 is 9.84 Å². The van der Waals surface area contributed by atoms with Gasteiger partial charge in [-0.15, -0.1) is 0 Å². The van der Waals surface area contributed by atoms with Crippen LogP contribution in [-0.2, 0) is 16.0 Å². The van der Waals surface area contributed by atoms with E-state index < -0.39 is 26.5 Å². The van der Waals surface area contributed by atoms with Gasteiger partial charge in [0.15, 0.2) is 9.84 Å². The first kappa shape index (κ1) is 12.5. The normalized spacial score (nSPS) is 12.2. The van der Waals surface area contributed by atoms with Gasteiger partial charge in [-0.3, -0.25) is 0 Å². The van der Waals surface area contributed by atoms with Crippen molar-refractivity contribution in [2.75, 3.05) is 6.26 Å². The van der Waals surface area contributed by atoms with E-state index in [0.29, 0.717) is 12.3 Å². The highest BCUT2D eigenvalue weighted by atomic mass is 32.2. The largest absolute Gasteiger partial charge is 0.417 e.